The summed E-state index contributed by atoms with van der Waals surface area (Å²) in [6.07, 6.45) is 0. The van der Waals surface area contributed by atoms with E-state index in [4.69, 9.17) is 11.5 Å². The monoisotopic (exact) mass is 446 g/mol. The minimum atomic E-state index is -0.888. The van der Waals surface area contributed by atoms with Crippen LogP contribution in [-0.4, -0.2) is 47.2 Å². The number of benzene rings is 2. The predicted octanol–water partition coefficient (Wildman–Crippen LogP) is 0.936. The van der Waals surface area contributed by atoms with Crippen LogP contribution in [-0.2, 0) is 9.59 Å². The third kappa shape index (κ3) is 7.45. The zero-order chi connectivity index (χ0) is 21.9. The summed E-state index contributed by atoms with van der Waals surface area (Å²) in [5.74, 6) is -1.77. The SMILES string of the molecule is NC(=O)[C@H](CSSC[C@H](NC(=O)c1ccccc1)C(N)=O)NC(=O)c1ccccc1. The molecule has 0 radical (unpaired) electrons. The first-order chi connectivity index (χ1) is 14.4. The van der Waals surface area contributed by atoms with Gasteiger partial charge in [0.15, 0.2) is 0 Å². The highest BCUT2D eigenvalue weighted by atomic mass is 33.1. The molecule has 6 N–H and O–H groups in total. The number of amides is 4. The van der Waals surface area contributed by atoms with Crippen LogP contribution in [0, 0.1) is 0 Å². The maximum Gasteiger partial charge on any atom is 0.251 e. The van der Waals surface area contributed by atoms with Crippen molar-refractivity contribution in [1.29, 1.82) is 0 Å². The Labute approximate surface area is 181 Å². The van der Waals surface area contributed by atoms with Gasteiger partial charge < -0.3 is 22.1 Å². The summed E-state index contributed by atoms with van der Waals surface area (Å²) in [6, 6.07) is 15.1. The molecule has 0 fully saturated rings. The van der Waals surface area contributed by atoms with Crippen LogP contribution in [0.2, 0.25) is 0 Å². The Morgan fingerprint density at radius 1 is 0.667 bits per heavy atom. The van der Waals surface area contributed by atoms with Gasteiger partial charge in [-0.1, -0.05) is 58.0 Å². The van der Waals surface area contributed by atoms with Crippen molar-refractivity contribution in [2.24, 2.45) is 11.5 Å². The van der Waals surface area contributed by atoms with Crippen LogP contribution >= 0.6 is 21.6 Å². The summed E-state index contributed by atoms with van der Waals surface area (Å²) in [6.45, 7) is 0. The summed E-state index contributed by atoms with van der Waals surface area (Å²) in [7, 11) is 2.48. The van der Waals surface area contributed by atoms with Crippen molar-refractivity contribution in [3.8, 4) is 0 Å². The lowest BCUT2D eigenvalue weighted by Crippen LogP contribution is -2.46. The van der Waals surface area contributed by atoms with Gasteiger partial charge in [-0.05, 0) is 24.3 Å². The molecule has 10 heteroatoms. The molecule has 0 heterocycles. The molecule has 0 saturated carbocycles. The number of rotatable bonds is 11. The summed E-state index contributed by atoms with van der Waals surface area (Å²) in [5, 5.41) is 5.18. The molecule has 0 aliphatic rings. The molecule has 4 amide bonds. The lowest BCUT2D eigenvalue weighted by atomic mass is 10.2. The van der Waals surface area contributed by atoms with Gasteiger partial charge in [0.25, 0.3) is 11.8 Å². The highest BCUT2D eigenvalue weighted by Crippen LogP contribution is 2.23. The second-order valence-electron chi connectivity index (χ2n) is 6.16. The van der Waals surface area contributed by atoms with Gasteiger partial charge in [0.1, 0.15) is 12.1 Å². The number of hydrogen-bond donors (Lipinski definition) is 4. The first-order valence-corrected chi connectivity index (χ1v) is 11.4. The molecular formula is C20H22N4O4S2. The first-order valence-electron chi connectivity index (χ1n) is 8.93. The van der Waals surface area contributed by atoms with Gasteiger partial charge in [-0.3, -0.25) is 19.2 Å². The van der Waals surface area contributed by atoms with Crippen LogP contribution in [0.25, 0.3) is 0 Å². The van der Waals surface area contributed by atoms with Crippen LogP contribution in [0.5, 0.6) is 0 Å². The number of nitrogens with one attached hydrogen (secondary N) is 2. The number of carbonyl (C=O) groups is 4. The molecule has 0 bridgehead atoms. The van der Waals surface area contributed by atoms with E-state index in [0.717, 1.165) is 0 Å². The maximum absolute atomic E-state index is 12.2. The molecule has 2 rings (SSSR count). The van der Waals surface area contributed by atoms with Crippen LogP contribution in [0.15, 0.2) is 60.7 Å². The third-order valence-corrected chi connectivity index (χ3v) is 6.34. The summed E-state index contributed by atoms with van der Waals surface area (Å²) in [5.41, 5.74) is 11.6. The van der Waals surface area contributed by atoms with Crippen LogP contribution in [0.3, 0.4) is 0 Å². The fraction of sp³-hybridized carbons (Fsp3) is 0.200. The average Bonchev–Trinajstić information content (AvgIpc) is 2.75. The second kappa shape index (κ2) is 11.9. The van der Waals surface area contributed by atoms with Crippen molar-refractivity contribution in [3.05, 3.63) is 71.8 Å². The Morgan fingerprint density at radius 2 is 1.00 bits per heavy atom. The molecule has 158 valence electrons. The highest BCUT2D eigenvalue weighted by Gasteiger charge is 2.22. The van der Waals surface area contributed by atoms with E-state index in [9.17, 15) is 19.2 Å². The maximum atomic E-state index is 12.2. The van der Waals surface area contributed by atoms with E-state index in [1.54, 1.807) is 60.7 Å². The molecule has 0 aliphatic heterocycles. The average molecular weight is 447 g/mol. The van der Waals surface area contributed by atoms with Crippen molar-refractivity contribution >= 4 is 45.2 Å². The smallest absolute Gasteiger partial charge is 0.251 e. The number of hydrogen-bond acceptors (Lipinski definition) is 6. The molecule has 8 nitrogen and oxygen atoms in total. The predicted molar refractivity (Wildman–Crippen MR) is 119 cm³/mol. The minimum absolute atomic E-state index is 0.191. The Morgan fingerprint density at radius 3 is 1.30 bits per heavy atom. The van der Waals surface area contributed by atoms with E-state index in [1.165, 1.54) is 21.6 Å². The summed E-state index contributed by atoms with van der Waals surface area (Å²) < 4.78 is 0. The van der Waals surface area contributed by atoms with Crippen molar-refractivity contribution in [3.63, 3.8) is 0 Å². The van der Waals surface area contributed by atoms with Gasteiger partial charge in [0.05, 0.1) is 0 Å². The number of primary amides is 2. The van der Waals surface area contributed by atoms with Gasteiger partial charge in [-0.25, -0.2) is 0 Å². The highest BCUT2D eigenvalue weighted by molar-refractivity contribution is 8.76. The Kier molecular flexibility index (Phi) is 9.23. The molecule has 0 aromatic heterocycles. The third-order valence-electron chi connectivity index (χ3n) is 3.92. The zero-order valence-corrected chi connectivity index (χ0v) is 17.6. The van der Waals surface area contributed by atoms with Gasteiger partial charge in [0, 0.05) is 22.6 Å². The van der Waals surface area contributed by atoms with Crippen LogP contribution in [0.4, 0.5) is 0 Å². The van der Waals surface area contributed by atoms with E-state index in [1.807, 2.05) is 0 Å². The van der Waals surface area contributed by atoms with Gasteiger partial charge in [-0.2, -0.15) is 0 Å². The molecule has 0 aliphatic carbocycles. The molecular weight excluding hydrogens is 424 g/mol. The van der Waals surface area contributed by atoms with Gasteiger partial charge >= 0.3 is 0 Å². The molecule has 2 aromatic rings. The van der Waals surface area contributed by atoms with E-state index in [0.29, 0.717) is 11.1 Å². The topological polar surface area (TPSA) is 144 Å². The standard InChI is InChI=1S/C20H22N4O4S2/c21-17(25)15(23-19(27)13-7-3-1-4-8-13)11-29-30-12-16(18(22)26)24-20(28)14-9-5-2-6-10-14/h1-10,15-16H,11-12H2,(H2,21,25)(H2,22,26)(H,23,27)(H,24,28)/t15-,16-/m0/s1. The van der Waals surface area contributed by atoms with E-state index in [-0.39, 0.29) is 11.5 Å². The summed E-state index contributed by atoms with van der Waals surface area (Å²) in [4.78, 5) is 47.7. The van der Waals surface area contributed by atoms with Crippen molar-refractivity contribution in [2.45, 2.75) is 12.1 Å². The molecule has 0 unspecified atom stereocenters. The Hall–Kier alpha value is -2.98. The zero-order valence-electron chi connectivity index (χ0n) is 15.9. The lowest BCUT2D eigenvalue weighted by molar-refractivity contribution is -0.120. The number of nitrogens with two attached hydrogens (primary N) is 2. The van der Waals surface area contributed by atoms with E-state index >= 15 is 0 Å². The van der Waals surface area contributed by atoms with Crippen molar-refractivity contribution in [1.82, 2.24) is 10.6 Å². The fourth-order valence-electron chi connectivity index (χ4n) is 2.28. The molecule has 30 heavy (non-hydrogen) atoms. The molecule has 0 saturated heterocycles. The number of carbonyl (C=O) groups excluding carboxylic acids is 4. The fourth-order valence-corrected chi connectivity index (χ4v) is 4.64. The lowest BCUT2D eigenvalue weighted by Gasteiger charge is -2.17. The Bertz CT molecular complexity index is 807. The molecule has 2 aromatic carbocycles. The van der Waals surface area contributed by atoms with E-state index in [2.05, 4.69) is 10.6 Å². The van der Waals surface area contributed by atoms with Crippen molar-refractivity contribution in [2.75, 3.05) is 11.5 Å². The van der Waals surface area contributed by atoms with Crippen LogP contribution in [0.1, 0.15) is 20.7 Å². The first kappa shape index (κ1) is 23.3. The van der Waals surface area contributed by atoms with Crippen LogP contribution < -0.4 is 22.1 Å². The normalized spacial score (nSPS) is 12.4. The van der Waals surface area contributed by atoms with E-state index < -0.39 is 35.7 Å². The Balaban J connectivity index is 1.83. The molecule has 2 atom stereocenters. The largest absolute Gasteiger partial charge is 0.368 e. The molecule has 0 spiro atoms. The quantitative estimate of drug-likeness (QED) is 0.299. The summed E-state index contributed by atoms with van der Waals surface area (Å²) >= 11 is 0. The van der Waals surface area contributed by atoms with Gasteiger partial charge in [-0.15, -0.1) is 0 Å². The second-order valence-corrected chi connectivity index (χ2v) is 8.71. The van der Waals surface area contributed by atoms with Crippen molar-refractivity contribution < 1.29 is 19.2 Å². The van der Waals surface area contributed by atoms with Gasteiger partial charge in [0.2, 0.25) is 11.8 Å². The minimum Gasteiger partial charge on any atom is -0.368 e.